The van der Waals surface area contributed by atoms with Crippen LogP contribution in [0.3, 0.4) is 0 Å². The Morgan fingerprint density at radius 1 is 1.25 bits per heavy atom. The molecule has 3 heteroatoms. The minimum Gasteiger partial charge on any atom is -0.360 e. The Kier molecular flexibility index (Phi) is 3.66. The van der Waals surface area contributed by atoms with Crippen LogP contribution in [0.1, 0.15) is 47.5 Å². The van der Waals surface area contributed by atoms with Gasteiger partial charge in [-0.15, -0.1) is 0 Å². The van der Waals surface area contributed by atoms with E-state index < -0.39 is 0 Å². The van der Waals surface area contributed by atoms with Crippen molar-refractivity contribution in [2.24, 2.45) is 0 Å². The Labute approximate surface area is 99.4 Å². The first-order valence-electron chi connectivity index (χ1n) is 5.98. The van der Waals surface area contributed by atoms with E-state index in [9.17, 15) is 0 Å². The van der Waals surface area contributed by atoms with Crippen molar-refractivity contribution in [2.75, 3.05) is 7.05 Å². The second-order valence-corrected chi connectivity index (χ2v) is 6.12. The minimum absolute atomic E-state index is 0.127. The van der Waals surface area contributed by atoms with E-state index in [2.05, 4.69) is 45.7 Å². The first kappa shape index (κ1) is 13.5. The molecule has 0 amide bonds. The molecule has 16 heavy (non-hydrogen) atoms. The molecule has 1 saturated heterocycles. The molecule has 0 spiro atoms. The summed E-state index contributed by atoms with van der Waals surface area (Å²) in [5.41, 5.74) is 0.253. The molecule has 0 aromatic heterocycles. The van der Waals surface area contributed by atoms with E-state index in [0.29, 0.717) is 0 Å². The number of nitriles is 1. The third kappa shape index (κ3) is 2.75. The summed E-state index contributed by atoms with van der Waals surface area (Å²) in [6.45, 7) is 10.8. The van der Waals surface area contributed by atoms with Crippen molar-refractivity contribution in [2.45, 2.75) is 70.7 Å². The molecule has 1 atom stereocenters. The summed E-state index contributed by atoms with van der Waals surface area (Å²) in [5, 5.41) is 8.79. The van der Waals surface area contributed by atoms with E-state index in [1.165, 1.54) is 0 Å². The standard InChI is InChI=1S/C13H24N2O/c1-10(9-14)16-11-7-12(2,3)15(6)13(4,5)8-11/h10-11H,7-8H2,1-6H3. The quantitative estimate of drug-likeness (QED) is 0.723. The lowest BCUT2D eigenvalue weighted by Crippen LogP contribution is -2.60. The van der Waals surface area contributed by atoms with Gasteiger partial charge < -0.3 is 4.74 Å². The van der Waals surface area contributed by atoms with Gasteiger partial charge in [-0.25, -0.2) is 0 Å². The smallest absolute Gasteiger partial charge is 0.141 e. The zero-order chi connectivity index (χ0) is 12.6. The topological polar surface area (TPSA) is 36.3 Å². The fourth-order valence-electron chi connectivity index (χ4n) is 2.70. The van der Waals surface area contributed by atoms with E-state index in [-0.39, 0.29) is 23.3 Å². The molecule has 0 aromatic rings. The minimum atomic E-state index is -0.306. The molecule has 3 nitrogen and oxygen atoms in total. The highest BCUT2D eigenvalue weighted by Gasteiger charge is 2.43. The van der Waals surface area contributed by atoms with Gasteiger partial charge in [-0.1, -0.05) is 0 Å². The molecule has 1 rings (SSSR count). The number of rotatable bonds is 2. The summed E-state index contributed by atoms with van der Waals surface area (Å²) in [7, 11) is 2.17. The third-order valence-corrected chi connectivity index (χ3v) is 3.85. The highest BCUT2D eigenvalue weighted by molar-refractivity contribution is 4.99. The normalized spacial score (nSPS) is 27.3. The lowest BCUT2D eigenvalue weighted by atomic mass is 9.78. The van der Waals surface area contributed by atoms with Crippen LogP contribution >= 0.6 is 0 Å². The number of hydrogen-bond donors (Lipinski definition) is 0. The highest BCUT2D eigenvalue weighted by Crippen LogP contribution is 2.38. The van der Waals surface area contributed by atoms with Gasteiger partial charge in [0.1, 0.15) is 6.10 Å². The average molecular weight is 224 g/mol. The van der Waals surface area contributed by atoms with Crippen molar-refractivity contribution in [1.82, 2.24) is 4.90 Å². The van der Waals surface area contributed by atoms with Crippen LogP contribution in [-0.2, 0) is 4.74 Å². The Morgan fingerprint density at radius 3 is 2.06 bits per heavy atom. The summed E-state index contributed by atoms with van der Waals surface area (Å²) in [6, 6.07) is 2.14. The second-order valence-electron chi connectivity index (χ2n) is 6.12. The first-order chi connectivity index (χ1) is 7.19. The number of piperidine rings is 1. The first-order valence-corrected chi connectivity index (χ1v) is 5.98. The van der Waals surface area contributed by atoms with Crippen LogP contribution in [0.4, 0.5) is 0 Å². The number of nitrogens with zero attached hydrogens (tertiary/aromatic N) is 2. The molecule has 0 aromatic carbocycles. The van der Waals surface area contributed by atoms with E-state index in [4.69, 9.17) is 10.00 Å². The van der Waals surface area contributed by atoms with E-state index in [0.717, 1.165) is 12.8 Å². The van der Waals surface area contributed by atoms with Crippen LogP contribution < -0.4 is 0 Å². The maximum absolute atomic E-state index is 8.79. The van der Waals surface area contributed by atoms with Crippen molar-refractivity contribution >= 4 is 0 Å². The molecule has 0 aliphatic carbocycles. The molecule has 0 bridgehead atoms. The number of likely N-dealkylation sites (tertiary alicyclic amines) is 1. The Balaban J connectivity index is 2.76. The summed E-state index contributed by atoms with van der Waals surface area (Å²) in [4.78, 5) is 2.41. The molecule has 1 fully saturated rings. The fourth-order valence-corrected chi connectivity index (χ4v) is 2.70. The molecule has 1 heterocycles. The molecule has 1 aliphatic heterocycles. The summed E-state index contributed by atoms with van der Waals surface area (Å²) < 4.78 is 5.77. The van der Waals surface area contributed by atoms with Gasteiger partial charge in [0.25, 0.3) is 0 Å². The van der Waals surface area contributed by atoms with E-state index in [1.807, 2.05) is 6.92 Å². The lowest BCUT2D eigenvalue weighted by Gasteiger charge is -2.53. The Hall–Kier alpha value is -0.590. The van der Waals surface area contributed by atoms with Crippen LogP contribution in [0, 0.1) is 11.3 Å². The van der Waals surface area contributed by atoms with Crippen molar-refractivity contribution in [3.8, 4) is 6.07 Å². The highest BCUT2D eigenvalue weighted by atomic mass is 16.5. The third-order valence-electron chi connectivity index (χ3n) is 3.85. The monoisotopic (exact) mass is 224 g/mol. The van der Waals surface area contributed by atoms with Crippen molar-refractivity contribution < 1.29 is 4.74 Å². The predicted octanol–water partition coefficient (Wildman–Crippen LogP) is 2.57. The SMILES string of the molecule is CC(C#N)OC1CC(C)(C)N(C)C(C)(C)C1. The van der Waals surface area contributed by atoms with Gasteiger partial charge >= 0.3 is 0 Å². The molecule has 1 unspecified atom stereocenters. The summed E-state index contributed by atoms with van der Waals surface area (Å²) >= 11 is 0. The molecule has 0 saturated carbocycles. The second kappa shape index (κ2) is 4.35. The molecule has 0 N–H and O–H groups in total. The van der Waals surface area contributed by atoms with Crippen LogP contribution in [0.5, 0.6) is 0 Å². The van der Waals surface area contributed by atoms with Gasteiger partial charge in [0.2, 0.25) is 0 Å². The van der Waals surface area contributed by atoms with Crippen molar-refractivity contribution in [3.63, 3.8) is 0 Å². The average Bonchev–Trinajstić information content (AvgIpc) is 2.13. The maximum Gasteiger partial charge on any atom is 0.141 e. The van der Waals surface area contributed by atoms with Gasteiger partial charge in [-0.2, -0.15) is 5.26 Å². The number of hydrogen-bond acceptors (Lipinski definition) is 3. The lowest BCUT2D eigenvalue weighted by molar-refractivity contribution is -0.100. The molecule has 0 radical (unpaired) electrons. The zero-order valence-corrected chi connectivity index (χ0v) is 11.4. The zero-order valence-electron chi connectivity index (χ0n) is 11.4. The molecular formula is C13H24N2O. The van der Waals surface area contributed by atoms with Crippen LogP contribution in [0.15, 0.2) is 0 Å². The van der Waals surface area contributed by atoms with Gasteiger partial charge in [-0.3, -0.25) is 4.90 Å². The van der Waals surface area contributed by atoms with Crippen LogP contribution in [0.2, 0.25) is 0 Å². The van der Waals surface area contributed by atoms with Gasteiger partial charge in [0, 0.05) is 11.1 Å². The van der Waals surface area contributed by atoms with Crippen molar-refractivity contribution in [3.05, 3.63) is 0 Å². The summed E-state index contributed by atoms with van der Waals surface area (Å²) in [6.07, 6.45) is 1.86. The van der Waals surface area contributed by atoms with Crippen LogP contribution in [0.25, 0.3) is 0 Å². The van der Waals surface area contributed by atoms with Crippen molar-refractivity contribution in [1.29, 1.82) is 5.26 Å². The maximum atomic E-state index is 8.79. The summed E-state index contributed by atoms with van der Waals surface area (Å²) in [5.74, 6) is 0. The molecular weight excluding hydrogens is 200 g/mol. The predicted molar refractivity (Wildman–Crippen MR) is 65.1 cm³/mol. The largest absolute Gasteiger partial charge is 0.360 e. The van der Waals surface area contributed by atoms with Gasteiger partial charge in [0.15, 0.2) is 0 Å². The molecule has 1 aliphatic rings. The number of ether oxygens (including phenoxy) is 1. The van der Waals surface area contributed by atoms with E-state index >= 15 is 0 Å². The Morgan fingerprint density at radius 2 is 1.69 bits per heavy atom. The van der Waals surface area contributed by atoms with E-state index in [1.54, 1.807) is 0 Å². The molecule has 92 valence electrons. The van der Waals surface area contributed by atoms with Gasteiger partial charge in [0.05, 0.1) is 12.2 Å². The Bertz CT molecular complexity index is 273. The fraction of sp³-hybridized carbons (Fsp3) is 0.923. The van der Waals surface area contributed by atoms with Gasteiger partial charge in [-0.05, 0) is 54.5 Å². The van der Waals surface area contributed by atoms with Crippen LogP contribution in [-0.4, -0.2) is 35.2 Å².